The molecule has 0 fully saturated rings. The molecule has 64 heavy (non-hydrogen) atoms. The Labute approximate surface area is 374 Å². The number of aryl methyl sites for hydroxylation is 4. The largest absolute Gasteiger partial charge is 0.0616 e. The molecule has 12 aromatic rings. The molecule has 0 heteroatoms. The number of hydrogen-bond donors (Lipinski definition) is 0. The second-order valence-corrected chi connectivity index (χ2v) is 18.0. The fourth-order valence-electron chi connectivity index (χ4n) is 10.2. The van der Waals surface area contributed by atoms with Crippen LogP contribution >= 0.6 is 0 Å². The lowest BCUT2D eigenvalue weighted by molar-refractivity contribution is 1.47. The van der Waals surface area contributed by atoms with Crippen LogP contribution in [0.5, 0.6) is 0 Å². The molecule has 0 aromatic heterocycles. The van der Waals surface area contributed by atoms with Crippen LogP contribution in [-0.2, 0) is 0 Å². The third-order valence-corrected chi connectivity index (χ3v) is 13.7. The molecule has 0 radical (unpaired) electrons. The predicted octanol–water partition coefficient (Wildman–Crippen LogP) is 18.2. The third-order valence-electron chi connectivity index (χ3n) is 13.7. The minimum absolute atomic E-state index is 1.20. The van der Waals surface area contributed by atoms with Gasteiger partial charge >= 0.3 is 0 Å². The predicted molar refractivity (Wildman–Crippen MR) is 278 cm³/mol. The highest BCUT2D eigenvalue weighted by Gasteiger charge is 2.18. The average molecular weight is 815 g/mol. The Morgan fingerprint density at radius 2 is 0.406 bits per heavy atom. The van der Waals surface area contributed by atoms with Crippen molar-refractivity contribution in [2.75, 3.05) is 0 Å². The maximum absolute atomic E-state index is 2.45. The van der Waals surface area contributed by atoms with E-state index < -0.39 is 0 Å². The van der Waals surface area contributed by atoms with Gasteiger partial charge in [0.2, 0.25) is 0 Å². The lowest BCUT2D eigenvalue weighted by atomic mass is 9.85. The Morgan fingerprint density at radius 1 is 0.172 bits per heavy atom. The van der Waals surface area contributed by atoms with Crippen LogP contribution in [0.1, 0.15) is 22.3 Å². The fourth-order valence-corrected chi connectivity index (χ4v) is 10.2. The van der Waals surface area contributed by atoms with Gasteiger partial charge in [-0.3, -0.25) is 0 Å². The van der Waals surface area contributed by atoms with Crippen LogP contribution in [0.15, 0.2) is 206 Å². The van der Waals surface area contributed by atoms with Crippen molar-refractivity contribution in [1.29, 1.82) is 0 Å². The molecule has 12 rings (SSSR count). The Bertz CT molecular complexity index is 3560. The number of fused-ring (bicyclic) bond motifs is 10. The van der Waals surface area contributed by atoms with Gasteiger partial charge in [0.05, 0.1) is 0 Å². The van der Waals surface area contributed by atoms with Crippen molar-refractivity contribution < 1.29 is 0 Å². The quantitative estimate of drug-likeness (QED) is 0.152. The molecular formula is C64H46. The monoisotopic (exact) mass is 814 g/mol. The van der Waals surface area contributed by atoms with Gasteiger partial charge < -0.3 is 0 Å². The highest BCUT2D eigenvalue weighted by atomic mass is 14.2. The maximum Gasteiger partial charge on any atom is -0.00923 e. The van der Waals surface area contributed by atoms with Crippen molar-refractivity contribution in [3.8, 4) is 55.6 Å². The van der Waals surface area contributed by atoms with Crippen molar-refractivity contribution in [2.45, 2.75) is 27.7 Å². The van der Waals surface area contributed by atoms with Crippen LogP contribution in [0.2, 0.25) is 0 Å². The highest BCUT2D eigenvalue weighted by molar-refractivity contribution is 6.26. The zero-order chi connectivity index (χ0) is 43.1. The average Bonchev–Trinajstić information content (AvgIpc) is 3.34. The van der Waals surface area contributed by atoms with Crippen molar-refractivity contribution in [2.24, 2.45) is 0 Å². The minimum Gasteiger partial charge on any atom is -0.0616 e. The summed E-state index contributed by atoms with van der Waals surface area (Å²) in [6.45, 7) is 8.65. The second-order valence-electron chi connectivity index (χ2n) is 18.0. The van der Waals surface area contributed by atoms with Crippen LogP contribution in [0.3, 0.4) is 0 Å². The molecule has 0 nitrogen and oxygen atoms in total. The second kappa shape index (κ2) is 14.9. The SMILES string of the molecule is Cc1ccc(-c2cc3c4ccc(-c5ccc6c(c5)c(-c5ccc(C)cc5)cc5c7ccccc7c(-c7ccc(C)cc7)cc65)cc4c(-c4ccc(C)cc4)cc3c3ccccc23)cc1. The lowest BCUT2D eigenvalue weighted by Crippen LogP contribution is -1.91. The van der Waals surface area contributed by atoms with Crippen LogP contribution in [0.4, 0.5) is 0 Å². The fraction of sp³-hybridized carbons (Fsp3) is 0.0625. The van der Waals surface area contributed by atoms with E-state index in [4.69, 9.17) is 0 Å². The molecule has 302 valence electrons. The number of rotatable bonds is 5. The van der Waals surface area contributed by atoms with Crippen molar-refractivity contribution in [3.05, 3.63) is 229 Å². The van der Waals surface area contributed by atoms with Gasteiger partial charge in [0.25, 0.3) is 0 Å². The zero-order valence-electron chi connectivity index (χ0n) is 36.6. The van der Waals surface area contributed by atoms with E-state index in [1.165, 1.54) is 143 Å². The molecule has 0 amide bonds. The van der Waals surface area contributed by atoms with Crippen LogP contribution < -0.4 is 0 Å². The topological polar surface area (TPSA) is 0 Å². The van der Waals surface area contributed by atoms with Gasteiger partial charge in [0.1, 0.15) is 0 Å². The van der Waals surface area contributed by atoms with E-state index in [-0.39, 0.29) is 0 Å². The number of hydrogen-bond acceptors (Lipinski definition) is 0. The first kappa shape index (κ1) is 37.9. The molecule has 0 saturated carbocycles. The highest BCUT2D eigenvalue weighted by Crippen LogP contribution is 2.46. The van der Waals surface area contributed by atoms with Gasteiger partial charge in [-0.1, -0.05) is 192 Å². The molecule has 0 atom stereocenters. The Kier molecular flexibility index (Phi) is 8.85. The van der Waals surface area contributed by atoms with Crippen LogP contribution in [0, 0.1) is 27.7 Å². The van der Waals surface area contributed by atoms with E-state index >= 15 is 0 Å². The normalized spacial score (nSPS) is 11.8. The van der Waals surface area contributed by atoms with Gasteiger partial charge in [-0.2, -0.15) is 0 Å². The molecule has 0 spiro atoms. The van der Waals surface area contributed by atoms with E-state index in [1.807, 2.05) is 0 Å². The Balaban J connectivity index is 1.13. The minimum atomic E-state index is 1.20. The molecule has 0 N–H and O–H groups in total. The Hall–Kier alpha value is -7.80. The molecule has 0 unspecified atom stereocenters. The van der Waals surface area contributed by atoms with Gasteiger partial charge in [-0.05, 0) is 184 Å². The molecular weight excluding hydrogens is 769 g/mol. The van der Waals surface area contributed by atoms with Crippen molar-refractivity contribution >= 4 is 64.6 Å². The van der Waals surface area contributed by atoms with Crippen LogP contribution in [-0.4, -0.2) is 0 Å². The first-order valence-corrected chi connectivity index (χ1v) is 22.5. The molecule has 12 aromatic carbocycles. The third kappa shape index (κ3) is 6.29. The summed E-state index contributed by atoms with van der Waals surface area (Å²) >= 11 is 0. The summed E-state index contributed by atoms with van der Waals surface area (Å²) in [6.07, 6.45) is 0. The zero-order valence-corrected chi connectivity index (χ0v) is 36.6. The summed E-state index contributed by atoms with van der Waals surface area (Å²) in [5.41, 5.74) is 17.4. The van der Waals surface area contributed by atoms with E-state index in [1.54, 1.807) is 0 Å². The Morgan fingerprint density at radius 3 is 0.703 bits per heavy atom. The summed E-state index contributed by atoms with van der Waals surface area (Å²) in [7, 11) is 0. The van der Waals surface area contributed by atoms with E-state index in [0.29, 0.717) is 0 Å². The summed E-state index contributed by atoms with van der Waals surface area (Å²) in [6, 6.07) is 78.0. The van der Waals surface area contributed by atoms with E-state index in [9.17, 15) is 0 Å². The lowest BCUT2D eigenvalue weighted by Gasteiger charge is -2.18. The van der Waals surface area contributed by atoms with Gasteiger partial charge in [-0.15, -0.1) is 0 Å². The van der Waals surface area contributed by atoms with E-state index in [0.717, 1.165) is 0 Å². The summed E-state index contributed by atoms with van der Waals surface area (Å²) < 4.78 is 0. The summed E-state index contributed by atoms with van der Waals surface area (Å²) in [5, 5.41) is 15.2. The van der Waals surface area contributed by atoms with Crippen LogP contribution in [0.25, 0.3) is 120 Å². The molecule has 0 saturated heterocycles. The van der Waals surface area contributed by atoms with Gasteiger partial charge in [0, 0.05) is 0 Å². The first-order valence-electron chi connectivity index (χ1n) is 22.5. The van der Waals surface area contributed by atoms with Gasteiger partial charge in [0.15, 0.2) is 0 Å². The molecule has 0 heterocycles. The molecule has 0 aliphatic carbocycles. The molecule has 0 bridgehead atoms. The smallest absolute Gasteiger partial charge is 0.00923 e. The number of benzene rings is 12. The van der Waals surface area contributed by atoms with E-state index in [2.05, 4.69) is 234 Å². The van der Waals surface area contributed by atoms with Crippen molar-refractivity contribution in [1.82, 2.24) is 0 Å². The molecule has 0 aliphatic heterocycles. The van der Waals surface area contributed by atoms with Gasteiger partial charge in [-0.25, -0.2) is 0 Å². The first-order chi connectivity index (χ1) is 31.3. The van der Waals surface area contributed by atoms with Crippen molar-refractivity contribution in [3.63, 3.8) is 0 Å². The summed E-state index contributed by atoms with van der Waals surface area (Å²) in [5.74, 6) is 0. The molecule has 0 aliphatic rings. The standard InChI is InChI=1S/C64H46/c1-39-13-21-43(22-14-39)55-35-63-53-31-29-47(33-59(53)57(45-25-17-41(3)18-26-45)37-61(63)51-11-7-5-9-49(51)55)48-30-32-54-60(34-48)58(46-27-19-42(4)20-28-46)38-62-52-12-8-6-10-50(52)56(36-64(54)62)44-23-15-40(2)16-24-44/h5-38H,1-4H3. The summed E-state index contributed by atoms with van der Waals surface area (Å²) in [4.78, 5) is 0. The maximum atomic E-state index is 2.45.